The highest BCUT2D eigenvalue weighted by atomic mass is 19.4. The fourth-order valence-electron chi connectivity index (χ4n) is 5.30. The zero-order chi connectivity index (χ0) is 34.3. The van der Waals surface area contributed by atoms with E-state index in [9.17, 15) is 28.0 Å². The average molecular weight is 648 g/mol. The van der Waals surface area contributed by atoms with Gasteiger partial charge >= 0.3 is 17.9 Å². The van der Waals surface area contributed by atoms with Crippen LogP contribution in [0.15, 0.2) is 76.2 Å². The molecule has 1 N–H and O–H groups in total. The number of hydrogen-bond acceptors (Lipinski definition) is 6. The largest absolute Gasteiger partial charge is 0.437 e. The summed E-state index contributed by atoms with van der Waals surface area (Å²) in [4.78, 5) is 32.8. The van der Waals surface area contributed by atoms with Crippen LogP contribution in [0.1, 0.15) is 48.4 Å². The van der Waals surface area contributed by atoms with Crippen LogP contribution in [0.25, 0.3) is 22.8 Å². The number of hydrogen-bond donors (Lipinski definition) is 1. The second-order valence-electron chi connectivity index (χ2n) is 12.5. The van der Waals surface area contributed by atoms with Gasteiger partial charge in [-0.1, -0.05) is 19.9 Å². The Bertz CT molecular complexity index is 2020. The van der Waals surface area contributed by atoms with Gasteiger partial charge in [0.05, 0.1) is 73.5 Å². The normalized spacial score (nSPS) is 12.7. The van der Waals surface area contributed by atoms with Crippen molar-refractivity contribution in [2.75, 3.05) is 21.1 Å². The van der Waals surface area contributed by atoms with Gasteiger partial charge in [-0.15, -0.1) is 0 Å². The first-order valence-electron chi connectivity index (χ1n) is 14.7. The Balaban J connectivity index is 1.67. The Morgan fingerprint density at radius 1 is 1.09 bits per heavy atom. The number of quaternary nitrogens is 1. The lowest BCUT2D eigenvalue weighted by Gasteiger charge is -2.22. The molecular weight excluding hydrogens is 613 g/mol. The smallest absolute Gasteiger partial charge is 0.416 e. The van der Waals surface area contributed by atoms with E-state index in [1.54, 1.807) is 43.5 Å². The lowest BCUT2D eigenvalue weighted by molar-refractivity contribution is -0.884. The van der Waals surface area contributed by atoms with E-state index in [1.807, 2.05) is 35.0 Å². The van der Waals surface area contributed by atoms with E-state index in [0.29, 0.717) is 33.7 Å². The van der Waals surface area contributed by atoms with Crippen molar-refractivity contribution in [2.45, 2.75) is 39.5 Å². The lowest BCUT2D eigenvalue weighted by atomic mass is 10.0. The van der Waals surface area contributed by atoms with Gasteiger partial charge in [-0.05, 0) is 61.4 Å². The van der Waals surface area contributed by atoms with E-state index in [2.05, 4.69) is 21.5 Å². The lowest BCUT2D eigenvalue weighted by Crippen LogP contribution is -2.40. The van der Waals surface area contributed by atoms with Gasteiger partial charge in [0.25, 0.3) is 0 Å². The van der Waals surface area contributed by atoms with Crippen molar-refractivity contribution >= 4 is 6.03 Å². The molecule has 0 saturated heterocycles. The quantitative estimate of drug-likeness (QED) is 0.211. The van der Waals surface area contributed by atoms with Gasteiger partial charge in [0.2, 0.25) is 5.89 Å². The molecule has 0 fully saturated rings. The second kappa shape index (κ2) is 12.4. The number of aromatic nitrogens is 5. The number of nitrogens with zero attached hydrogens (tertiary/aromatic N) is 7. The number of carbonyl (C=O) groups excluding carboxylic acids is 1. The molecule has 47 heavy (non-hydrogen) atoms. The maximum Gasteiger partial charge on any atom is 0.416 e. The highest BCUT2D eigenvalue weighted by Gasteiger charge is 2.33. The number of oxazole rings is 1. The van der Waals surface area contributed by atoms with Gasteiger partial charge < -0.3 is 14.2 Å². The van der Waals surface area contributed by atoms with Gasteiger partial charge in [-0.25, -0.2) is 23.8 Å². The molecule has 1 unspecified atom stereocenters. The van der Waals surface area contributed by atoms with E-state index >= 15 is 0 Å². The number of alkyl halides is 3. The van der Waals surface area contributed by atoms with Crippen molar-refractivity contribution in [1.29, 1.82) is 5.26 Å². The van der Waals surface area contributed by atoms with Crippen molar-refractivity contribution < 1.29 is 26.9 Å². The summed E-state index contributed by atoms with van der Waals surface area (Å²) in [5.41, 5.74) is -0.348. The number of imidazole rings is 1. The monoisotopic (exact) mass is 647 g/mol. The molecule has 11 nitrogen and oxygen atoms in total. The van der Waals surface area contributed by atoms with E-state index in [0.717, 1.165) is 21.3 Å². The summed E-state index contributed by atoms with van der Waals surface area (Å²) in [6.07, 6.45) is -1.58. The molecule has 0 aliphatic heterocycles. The molecule has 0 bridgehead atoms. The summed E-state index contributed by atoms with van der Waals surface area (Å²) in [6, 6.07) is 12.9. The minimum atomic E-state index is -4.66. The van der Waals surface area contributed by atoms with E-state index < -0.39 is 29.5 Å². The van der Waals surface area contributed by atoms with E-state index in [4.69, 9.17) is 4.42 Å². The minimum absolute atomic E-state index is 0.0716. The summed E-state index contributed by atoms with van der Waals surface area (Å²) in [5, 5.41) is 16.5. The molecule has 0 spiro atoms. The Hall–Kier alpha value is -5.42. The Labute approximate surface area is 268 Å². The fourth-order valence-corrected chi connectivity index (χ4v) is 5.30. The first-order chi connectivity index (χ1) is 22.1. The molecule has 0 saturated carbocycles. The number of halogens is 3. The van der Waals surface area contributed by atoms with Crippen molar-refractivity contribution in [3.8, 4) is 28.8 Å². The van der Waals surface area contributed by atoms with Gasteiger partial charge in [-0.3, -0.25) is 4.57 Å². The molecule has 0 aliphatic rings. The van der Waals surface area contributed by atoms with Gasteiger partial charge in [0, 0.05) is 0 Å². The summed E-state index contributed by atoms with van der Waals surface area (Å²) < 4.78 is 51.1. The number of rotatable bonds is 8. The predicted octanol–water partition coefficient (Wildman–Crippen LogP) is 5.84. The summed E-state index contributed by atoms with van der Waals surface area (Å²) >= 11 is 0. The maximum atomic E-state index is 14.2. The van der Waals surface area contributed by atoms with Crippen LogP contribution in [0.3, 0.4) is 0 Å². The summed E-state index contributed by atoms with van der Waals surface area (Å²) in [7, 11) is 5.99. The zero-order valence-corrected chi connectivity index (χ0v) is 26.7. The summed E-state index contributed by atoms with van der Waals surface area (Å²) in [6.45, 7) is 5.81. The Kier molecular flexibility index (Phi) is 8.70. The summed E-state index contributed by atoms with van der Waals surface area (Å²) in [5.74, 6) is 0.649. The molecule has 2 aromatic carbocycles. The van der Waals surface area contributed by atoms with Crippen molar-refractivity contribution in [2.24, 2.45) is 5.92 Å². The molecule has 244 valence electrons. The molecule has 0 radical (unpaired) electrons. The number of benzene rings is 2. The fraction of sp³-hybridized carbons (Fsp3) is 0.303. The minimum Gasteiger partial charge on any atom is -0.437 e. The van der Waals surface area contributed by atoms with Gasteiger partial charge in [-0.2, -0.15) is 23.5 Å². The molecule has 14 heteroatoms. The molecule has 5 rings (SSSR count). The van der Waals surface area contributed by atoms with Crippen LogP contribution in [0, 0.1) is 24.2 Å². The van der Waals surface area contributed by atoms with Crippen LogP contribution in [-0.4, -0.2) is 55.6 Å². The first-order valence-corrected chi connectivity index (χ1v) is 14.7. The second-order valence-corrected chi connectivity index (χ2v) is 12.5. The van der Waals surface area contributed by atoms with Crippen LogP contribution >= 0.6 is 0 Å². The number of amides is 1. The van der Waals surface area contributed by atoms with Crippen LogP contribution < -0.4 is 11.0 Å². The van der Waals surface area contributed by atoms with Crippen LogP contribution in [0.2, 0.25) is 0 Å². The highest BCUT2D eigenvalue weighted by molar-refractivity contribution is 5.83. The molecule has 5 aromatic rings. The average Bonchev–Trinajstić information content (AvgIpc) is 3.72. The van der Waals surface area contributed by atoms with Gasteiger partial charge in [0.1, 0.15) is 18.3 Å². The third kappa shape index (κ3) is 6.75. The van der Waals surface area contributed by atoms with Gasteiger partial charge in [0.15, 0.2) is 5.76 Å². The molecule has 1 atom stereocenters. The van der Waals surface area contributed by atoms with Crippen molar-refractivity contribution in [1.82, 2.24) is 29.2 Å². The topological polar surface area (TPSA) is 124 Å². The Morgan fingerprint density at radius 3 is 2.40 bits per heavy atom. The Morgan fingerprint density at radius 2 is 1.79 bits per heavy atom. The predicted molar refractivity (Wildman–Crippen MR) is 167 cm³/mol. The number of nitrogens with one attached hydrogen (secondary N) is 1. The van der Waals surface area contributed by atoms with Crippen LogP contribution in [0.4, 0.5) is 18.0 Å². The van der Waals surface area contributed by atoms with E-state index in [-0.39, 0.29) is 28.9 Å². The maximum absolute atomic E-state index is 14.2. The molecule has 0 aliphatic carbocycles. The highest BCUT2D eigenvalue weighted by Crippen LogP contribution is 2.32. The molecule has 1 amide bonds. The van der Waals surface area contributed by atoms with Crippen LogP contribution in [0.5, 0.6) is 0 Å². The van der Waals surface area contributed by atoms with E-state index in [1.165, 1.54) is 23.0 Å². The van der Waals surface area contributed by atoms with Crippen molar-refractivity contribution in [3.63, 3.8) is 0 Å². The zero-order valence-electron chi connectivity index (χ0n) is 26.7. The number of nitriles is 1. The first kappa shape index (κ1) is 33.0. The standard InChI is InChI=1S/C33H33F3N8O3/c1-20(2)28(30-38-18-26(47-30)19-44(4,5)6)40-31(45)42-29(27-14-15-39-43(27)24-12-10-22(17-37)11-13-24)21(3)41(32(42)46)25-9-7-8-23(16-25)33(34,35)36/h7-16,18,20,28H,19H2,1-6H3/p+1. The van der Waals surface area contributed by atoms with Crippen LogP contribution in [-0.2, 0) is 12.7 Å². The SMILES string of the molecule is Cc1c(-c2ccnn2-c2ccc(C#N)cc2)n(C(=O)NC(c2ncc(C[N+](C)(C)C)o2)C(C)C)c(=O)n1-c1cccc(C(F)(F)F)c1. The van der Waals surface area contributed by atoms with Crippen molar-refractivity contribution in [3.05, 3.63) is 106 Å². The molecule has 3 heterocycles. The molecule has 3 aromatic heterocycles. The third-order valence-electron chi connectivity index (χ3n) is 7.46. The molecular formula is C33H34F3N8O3+. The number of carbonyl (C=O) groups is 1. The third-order valence-corrected chi connectivity index (χ3v) is 7.46.